The number of hydrogen-bond acceptors (Lipinski definition) is 2. The average molecular weight is 819 g/mol. The lowest BCUT2D eigenvalue weighted by atomic mass is 9.61. The second-order valence-electron chi connectivity index (χ2n) is 17.2. The largest absolute Gasteiger partial charge is 0.422 e. The summed E-state index contributed by atoms with van der Waals surface area (Å²) in [6.07, 6.45) is 4.08. The molecule has 1 aliphatic rings. The summed E-state index contributed by atoms with van der Waals surface area (Å²) >= 11 is 0. The second-order valence-corrected chi connectivity index (χ2v) is 17.2. The summed E-state index contributed by atoms with van der Waals surface area (Å²) in [5.41, 5.74) is 21.0. The molecule has 0 spiro atoms. The molecule has 2 radical (unpaired) electrons. The quantitative estimate of drug-likeness (QED) is 0.143. The highest BCUT2D eigenvalue weighted by molar-refractivity contribution is 6.18. The second kappa shape index (κ2) is 15.6. The van der Waals surface area contributed by atoms with Crippen LogP contribution in [-0.4, -0.2) is 17.2 Å². The fourth-order valence-corrected chi connectivity index (χ4v) is 10.5. The van der Waals surface area contributed by atoms with Gasteiger partial charge in [0.25, 0.3) is 0 Å². The van der Waals surface area contributed by atoms with Gasteiger partial charge in [0.15, 0.2) is 5.58 Å². The van der Waals surface area contributed by atoms with Gasteiger partial charge < -0.3 is 4.42 Å². The zero-order valence-corrected chi connectivity index (χ0v) is 35.4. The van der Waals surface area contributed by atoms with E-state index in [1.165, 1.54) is 33.4 Å². The number of imidazole rings is 1. The van der Waals surface area contributed by atoms with Gasteiger partial charge in [-0.3, -0.25) is 4.40 Å². The monoisotopic (exact) mass is 818 g/mol. The van der Waals surface area contributed by atoms with Crippen molar-refractivity contribution >= 4 is 35.8 Å². The minimum atomic E-state index is -0.456. The van der Waals surface area contributed by atoms with Crippen molar-refractivity contribution in [2.24, 2.45) is 0 Å². The van der Waals surface area contributed by atoms with E-state index in [-0.39, 0.29) is 0 Å². The summed E-state index contributed by atoms with van der Waals surface area (Å²) < 4.78 is 8.96. The Labute approximate surface area is 374 Å². The van der Waals surface area contributed by atoms with Gasteiger partial charge in [0, 0.05) is 5.56 Å². The Morgan fingerprint density at radius 2 is 0.734 bits per heavy atom. The van der Waals surface area contributed by atoms with E-state index in [1.54, 1.807) is 0 Å². The zero-order chi connectivity index (χ0) is 42.6. The lowest BCUT2D eigenvalue weighted by Crippen LogP contribution is -2.23. The highest BCUT2D eigenvalue weighted by Gasteiger charge is 2.35. The molecule has 3 nitrogen and oxygen atoms in total. The van der Waals surface area contributed by atoms with Crippen LogP contribution in [0, 0.1) is 0 Å². The molecule has 4 heteroatoms. The summed E-state index contributed by atoms with van der Waals surface area (Å²) in [7, 11) is 7.40. The lowest BCUT2D eigenvalue weighted by Gasteiger charge is -2.29. The van der Waals surface area contributed by atoms with E-state index in [0.29, 0.717) is 5.84 Å². The van der Waals surface area contributed by atoms with E-state index in [0.717, 1.165) is 97.9 Å². The third-order valence-corrected chi connectivity index (χ3v) is 13.4. The minimum Gasteiger partial charge on any atom is -0.422 e. The number of hydrogen-bond donors (Lipinski definition) is 0. The molecule has 302 valence electrons. The van der Waals surface area contributed by atoms with Gasteiger partial charge in [-0.2, -0.15) is 4.98 Å². The first-order valence-electron chi connectivity index (χ1n) is 22.4. The van der Waals surface area contributed by atoms with Crippen LogP contribution in [0.25, 0.3) is 106 Å². The first kappa shape index (κ1) is 38.0. The van der Waals surface area contributed by atoms with E-state index in [9.17, 15) is 0 Å². The van der Waals surface area contributed by atoms with Crippen LogP contribution in [0.5, 0.6) is 0 Å². The third-order valence-electron chi connectivity index (χ3n) is 13.4. The van der Waals surface area contributed by atoms with Crippen molar-refractivity contribution in [1.82, 2.24) is 9.38 Å². The van der Waals surface area contributed by atoms with Gasteiger partial charge in [-0.05, 0) is 101 Å². The van der Waals surface area contributed by atoms with Crippen molar-refractivity contribution in [2.45, 2.75) is 31.0 Å². The molecule has 64 heavy (non-hydrogen) atoms. The average Bonchev–Trinajstić information content (AvgIpc) is 4.08. The van der Waals surface area contributed by atoms with Crippen molar-refractivity contribution in [3.63, 3.8) is 0 Å². The number of fused-ring (bicyclic) bond motifs is 5. The maximum Gasteiger partial charge on any atom is 0.307 e. The van der Waals surface area contributed by atoms with Crippen LogP contribution in [0.15, 0.2) is 217 Å². The maximum absolute atomic E-state index is 7.40. The summed E-state index contributed by atoms with van der Waals surface area (Å²) in [6.45, 7) is 0. The number of oxazole rings is 1. The Morgan fingerprint density at radius 3 is 1.16 bits per heavy atom. The number of para-hydroxylation sites is 2. The fourth-order valence-electron chi connectivity index (χ4n) is 10.5. The molecule has 1 saturated carbocycles. The molecule has 11 aromatic rings. The van der Waals surface area contributed by atoms with Crippen molar-refractivity contribution in [3.8, 4) is 77.9 Å². The highest BCUT2D eigenvalue weighted by atomic mass is 16.4. The topological polar surface area (TPSA) is 30.4 Å². The van der Waals surface area contributed by atoms with E-state index in [1.807, 2.05) is 12.1 Å². The SMILES string of the molecule is [B]C1(c2ccc3c(oc4nc5ccccc5n43)c2-c2ccc(-c3c(-c4ccccc4)c(-c4ccccc4)c(-c4ccccc4)c(-c4ccccc4)c3-c3ccccc3)cc2)CCCC1. The first-order chi connectivity index (χ1) is 31.6. The summed E-state index contributed by atoms with van der Waals surface area (Å²) in [6, 6.07) is 76.6. The van der Waals surface area contributed by atoms with Crippen LogP contribution >= 0.6 is 0 Å². The molecule has 0 N–H and O–H groups in total. The predicted molar refractivity (Wildman–Crippen MR) is 266 cm³/mol. The minimum absolute atomic E-state index is 0.456. The molecule has 0 atom stereocenters. The van der Waals surface area contributed by atoms with Gasteiger partial charge in [0.2, 0.25) is 0 Å². The Morgan fingerprint density at radius 1 is 0.375 bits per heavy atom. The molecule has 2 heterocycles. The third kappa shape index (κ3) is 6.24. The first-order valence-corrected chi connectivity index (χ1v) is 22.4. The van der Waals surface area contributed by atoms with E-state index < -0.39 is 5.31 Å². The van der Waals surface area contributed by atoms with E-state index in [4.69, 9.17) is 17.2 Å². The van der Waals surface area contributed by atoms with Crippen LogP contribution in [0.3, 0.4) is 0 Å². The van der Waals surface area contributed by atoms with Crippen molar-refractivity contribution < 1.29 is 4.42 Å². The molecule has 1 aliphatic carbocycles. The van der Waals surface area contributed by atoms with Gasteiger partial charge in [0.1, 0.15) is 0 Å². The number of rotatable bonds is 8. The molecule has 0 saturated heterocycles. The smallest absolute Gasteiger partial charge is 0.307 e. The zero-order valence-electron chi connectivity index (χ0n) is 35.4. The standard InChI is InChI=1S/C60H43BN2O/c61-60(38-18-19-39-60)47-36-37-50-58(64-59-62-48-30-16-17-31-49(48)63(50)59)51(47)45-32-34-46(35-33-45)57-55(43-26-12-4-13-27-43)53(41-22-8-2-9-23-41)52(40-20-6-1-7-21-40)54(42-24-10-3-11-25-42)56(57)44-28-14-5-15-29-44/h1-17,20-37H,18-19,38-39H2. The lowest BCUT2D eigenvalue weighted by molar-refractivity contribution is 0.626. The van der Waals surface area contributed by atoms with Gasteiger partial charge in [-0.1, -0.05) is 220 Å². The van der Waals surface area contributed by atoms with Gasteiger partial charge in [-0.25, -0.2) is 0 Å². The molecule has 12 rings (SSSR count). The Balaban J connectivity index is 1.20. The van der Waals surface area contributed by atoms with Gasteiger partial charge in [0.05, 0.1) is 24.4 Å². The highest BCUT2D eigenvalue weighted by Crippen LogP contribution is 2.56. The summed E-state index contributed by atoms with van der Waals surface area (Å²) in [5.74, 6) is 0.587. The molecule has 0 amide bonds. The summed E-state index contributed by atoms with van der Waals surface area (Å²) in [4.78, 5) is 4.92. The van der Waals surface area contributed by atoms with Crippen LogP contribution < -0.4 is 0 Å². The van der Waals surface area contributed by atoms with E-state index >= 15 is 0 Å². The molecular weight excluding hydrogens is 775 g/mol. The van der Waals surface area contributed by atoms with Crippen LogP contribution in [0.2, 0.25) is 0 Å². The molecule has 1 fully saturated rings. The fraction of sp³-hybridized carbons (Fsp3) is 0.0833. The normalized spacial score (nSPS) is 13.6. The van der Waals surface area contributed by atoms with Crippen LogP contribution in [0.4, 0.5) is 0 Å². The Hall–Kier alpha value is -7.69. The van der Waals surface area contributed by atoms with Crippen LogP contribution in [-0.2, 0) is 5.31 Å². The molecule has 9 aromatic carbocycles. The van der Waals surface area contributed by atoms with E-state index in [2.05, 4.69) is 205 Å². The molecule has 0 aliphatic heterocycles. The number of aromatic nitrogens is 2. The van der Waals surface area contributed by atoms with Crippen LogP contribution in [0.1, 0.15) is 31.2 Å². The van der Waals surface area contributed by atoms with Gasteiger partial charge in [-0.15, -0.1) is 0 Å². The Kier molecular flexibility index (Phi) is 9.26. The molecule has 0 unspecified atom stereocenters. The van der Waals surface area contributed by atoms with Crippen molar-refractivity contribution in [3.05, 3.63) is 218 Å². The van der Waals surface area contributed by atoms with Crippen molar-refractivity contribution in [2.75, 3.05) is 0 Å². The molecular formula is C60H43BN2O. The van der Waals surface area contributed by atoms with Crippen molar-refractivity contribution in [1.29, 1.82) is 0 Å². The molecule has 2 aromatic heterocycles. The predicted octanol–water partition coefficient (Wildman–Crippen LogP) is 15.8. The number of benzene rings is 9. The maximum atomic E-state index is 7.40. The Bertz CT molecular complexity index is 3360. The summed E-state index contributed by atoms with van der Waals surface area (Å²) in [5, 5.41) is -0.456. The van der Waals surface area contributed by atoms with Gasteiger partial charge >= 0.3 is 5.84 Å². The number of nitrogens with zero attached hydrogens (tertiary/aromatic N) is 2. The molecule has 0 bridgehead atoms.